The largest absolute Gasteiger partial charge is 0.313 e. The van der Waals surface area contributed by atoms with Gasteiger partial charge in [0.25, 0.3) is 0 Å². The molecule has 1 saturated heterocycles. The normalized spacial score (nSPS) is 20.4. The molecule has 2 unspecified atom stereocenters. The maximum absolute atomic E-state index is 3.64. The van der Waals surface area contributed by atoms with E-state index in [9.17, 15) is 0 Å². The lowest BCUT2D eigenvalue weighted by molar-refractivity contribution is 0.187. The summed E-state index contributed by atoms with van der Waals surface area (Å²) in [4.78, 5) is 2.69. The van der Waals surface area contributed by atoms with Crippen LogP contribution in [0.4, 0.5) is 0 Å². The first-order valence-electron chi connectivity index (χ1n) is 8.31. The van der Waals surface area contributed by atoms with E-state index in [1.54, 1.807) is 0 Å². The summed E-state index contributed by atoms with van der Waals surface area (Å²) in [6.07, 6.45) is 6.45. The van der Waals surface area contributed by atoms with Gasteiger partial charge in [-0.25, -0.2) is 0 Å². The van der Waals surface area contributed by atoms with Crippen LogP contribution < -0.4 is 5.32 Å². The van der Waals surface area contributed by atoms with E-state index in [1.807, 2.05) is 0 Å². The zero-order valence-corrected chi connectivity index (χ0v) is 13.1. The maximum atomic E-state index is 3.64. The monoisotopic (exact) mass is 274 g/mol. The van der Waals surface area contributed by atoms with Gasteiger partial charge < -0.3 is 5.32 Å². The van der Waals surface area contributed by atoms with Crippen molar-refractivity contribution in [2.45, 2.75) is 58.0 Å². The molecule has 2 atom stereocenters. The maximum Gasteiger partial charge on any atom is 0.0195 e. The Kier molecular flexibility index (Phi) is 6.55. The fourth-order valence-corrected chi connectivity index (χ4v) is 3.13. The smallest absolute Gasteiger partial charge is 0.0195 e. The molecular formula is C18H30N2. The molecule has 0 radical (unpaired) electrons. The number of unbranched alkanes of at least 4 members (excludes halogenated alkanes) is 1. The lowest BCUT2D eigenvalue weighted by Crippen LogP contribution is -2.43. The van der Waals surface area contributed by atoms with Crippen molar-refractivity contribution in [1.29, 1.82) is 0 Å². The van der Waals surface area contributed by atoms with E-state index >= 15 is 0 Å². The van der Waals surface area contributed by atoms with Crippen LogP contribution in [0.5, 0.6) is 0 Å². The van der Waals surface area contributed by atoms with E-state index in [1.165, 1.54) is 50.9 Å². The van der Waals surface area contributed by atoms with Gasteiger partial charge in [0.05, 0.1) is 0 Å². The molecule has 1 aliphatic rings. The fourth-order valence-electron chi connectivity index (χ4n) is 3.13. The van der Waals surface area contributed by atoms with Crippen molar-refractivity contribution in [3.8, 4) is 0 Å². The highest BCUT2D eigenvalue weighted by Gasteiger charge is 2.21. The van der Waals surface area contributed by atoms with Crippen molar-refractivity contribution in [2.24, 2.45) is 0 Å². The minimum atomic E-state index is 0.631. The van der Waals surface area contributed by atoms with Crippen molar-refractivity contribution in [1.82, 2.24) is 10.2 Å². The summed E-state index contributed by atoms with van der Waals surface area (Å²) in [6.45, 7) is 8.33. The summed E-state index contributed by atoms with van der Waals surface area (Å²) < 4.78 is 0. The number of rotatable bonds is 8. The van der Waals surface area contributed by atoms with E-state index in [-0.39, 0.29) is 0 Å². The van der Waals surface area contributed by atoms with Crippen LogP contribution in [0.1, 0.15) is 45.1 Å². The van der Waals surface area contributed by atoms with Crippen molar-refractivity contribution < 1.29 is 0 Å². The first kappa shape index (κ1) is 15.5. The number of benzene rings is 1. The van der Waals surface area contributed by atoms with Crippen molar-refractivity contribution in [2.75, 3.05) is 19.6 Å². The Balaban J connectivity index is 1.89. The summed E-state index contributed by atoms with van der Waals surface area (Å²) in [5.41, 5.74) is 1.46. The number of nitrogens with zero attached hydrogens (tertiary/aromatic N) is 1. The molecule has 0 amide bonds. The number of hydrogen-bond acceptors (Lipinski definition) is 2. The Morgan fingerprint density at radius 3 is 2.75 bits per heavy atom. The molecule has 20 heavy (non-hydrogen) atoms. The topological polar surface area (TPSA) is 15.3 Å². The molecule has 112 valence electrons. The second kappa shape index (κ2) is 8.43. The van der Waals surface area contributed by atoms with Gasteiger partial charge in [-0.15, -0.1) is 0 Å². The molecule has 1 N–H and O–H groups in total. The Labute approximate surface area is 124 Å². The van der Waals surface area contributed by atoms with Crippen LogP contribution >= 0.6 is 0 Å². The summed E-state index contributed by atoms with van der Waals surface area (Å²) in [6, 6.07) is 12.3. The van der Waals surface area contributed by atoms with E-state index in [0.29, 0.717) is 12.1 Å². The van der Waals surface area contributed by atoms with Gasteiger partial charge in [0.2, 0.25) is 0 Å². The van der Waals surface area contributed by atoms with E-state index < -0.39 is 0 Å². The summed E-state index contributed by atoms with van der Waals surface area (Å²) in [5, 5.41) is 3.64. The molecule has 0 saturated carbocycles. The molecule has 0 bridgehead atoms. The van der Waals surface area contributed by atoms with Crippen molar-refractivity contribution >= 4 is 0 Å². The van der Waals surface area contributed by atoms with Crippen LogP contribution in [0, 0.1) is 0 Å². The summed E-state index contributed by atoms with van der Waals surface area (Å²) in [7, 11) is 0. The quantitative estimate of drug-likeness (QED) is 0.781. The van der Waals surface area contributed by atoms with Gasteiger partial charge in [0, 0.05) is 18.6 Å². The average Bonchev–Trinajstić information content (AvgIpc) is 2.97. The Morgan fingerprint density at radius 2 is 2.10 bits per heavy atom. The minimum Gasteiger partial charge on any atom is -0.313 e. The molecule has 0 aliphatic carbocycles. The zero-order chi connectivity index (χ0) is 14.2. The molecule has 2 rings (SSSR count). The average molecular weight is 274 g/mol. The highest BCUT2D eigenvalue weighted by atomic mass is 15.2. The van der Waals surface area contributed by atoms with Crippen molar-refractivity contribution in [3.05, 3.63) is 35.9 Å². The van der Waals surface area contributed by atoms with E-state index in [4.69, 9.17) is 0 Å². The Morgan fingerprint density at radius 1 is 1.30 bits per heavy atom. The SMILES string of the molecule is CCCCN(CC1CCCN1)C(C)Cc1ccccc1. The van der Waals surface area contributed by atoms with Crippen LogP contribution in [-0.4, -0.2) is 36.6 Å². The molecule has 0 spiro atoms. The zero-order valence-electron chi connectivity index (χ0n) is 13.1. The number of hydrogen-bond donors (Lipinski definition) is 1. The van der Waals surface area contributed by atoms with Crippen LogP contribution in [0.15, 0.2) is 30.3 Å². The predicted molar refractivity (Wildman–Crippen MR) is 87.1 cm³/mol. The Hall–Kier alpha value is -0.860. The fraction of sp³-hybridized carbons (Fsp3) is 0.667. The molecule has 1 fully saturated rings. The molecule has 1 aromatic carbocycles. The first-order chi connectivity index (χ1) is 9.79. The summed E-state index contributed by atoms with van der Waals surface area (Å²) in [5.74, 6) is 0. The molecule has 1 aliphatic heterocycles. The highest BCUT2D eigenvalue weighted by Crippen LogP contribution is 2.14. The van der Waals surface area contributed by atoms with Gasteiger partial charge in [-0.1, -0.05) is 43.7 Å². The minimum absolute atomic E-state index is 0.631. The predicted octanol–water partition coefficient (Wildman–Crippen LogP) is 3.47. The lowest BCUT2D eigenvalue weighted by Gasteiger charge is -2.31. The molecule has 2 nitrogen and oxygen atoms in total. The van der Waals surface area contributed by atoms with Crippen LogP contribution in [0.25, 0.3) is 0 Å². The second-order valence-corrected chi connectivity index (χ2v) is 6.18. The van der Waals surface area contributed by atoms with Gasteiger partial charge in [0.1, 0.15) is 0 Å². The third-order valence-electron chi connectivity index (χ3n) is 4.41. The number of nitrogens with one attached hydrogen (secondary N) is 1. The molecule has 1 aromatic rings. The van der Waals surface area contributed by atoms with Gasteiger partial charge in [-0.3, -0.25) is 4.90 Å². The van der Waals surface area contributed by atoms with E-state index in [2.05, 4.69) is 54.4 Å². The summed E-state index contributed by atoms with van der Waals surface area (Å²) >= 11 is 0. The Bertz CT molecular complexity index is 357. The lowest BCUT2D eigenvalue weighted by atomic mass is 10.0. The van der Waals surface area contributed by atoms with E-state index in [0.717, 1.165) is 6.42 Å². The van der Waals surface area contributed by atoms with Gasteiger partial charge in [-0.2, -0.15) is 0 Å². The highest BCUT2D eigenvalue weighted by molar-refractivity contribution is 5.15. The molecular weight excluding hydrogens is 244 g/mol. The van der Waals surface area contributed by atoms with Gasteiger partial charge >= 0.3 is 0 Å². The second-order valence-electron chi connectivity index (χ2n) is 6.18. The molecule has 0 aromatic heterocycles. The standard InChI is InChI=1S/C18H30N2/c1-3-4-13-20(15-18-11-8-12-19-18)16(2)14-17-9-6-5-7-10-17/h5-7,9-10,16,18-19H,3-4,8,11-15H2,1-2H3. The van der Waals surface area contributed by atoms with Crippen molar-refractivity contribution in [3.63, 3.8) is 0 Å². The van der Waals surface area contributed by atoms with Gasteiger partial charge in [0.15, 0.2) is 0 Å². The van der Waals surface area contributed by atoms with Crippen LogP contribution in [-0.2, 0) is 6.42 Å². The van der Waals surface area contributed by atoms with Crippen LogP contribution in [0.2, 0.25) is 0 Å². The third-order valence-corrected chi connectivity index (χ3v) is 4.41. The van der Waals surface area contributed by atoms with Crippen LogP contribution in [0.3, 0.4) is 0 Å². The molecule has 2 heteroatoms. The first-order valence-corrected chi connectivity index (χ1v) is 8.31. The third kappa shape index (κ3) is 4.92. The molecule has 1 heterocycles. The van der Waals surface area contributed by atoms with Gasteiger partial charge in [-0.05, 0) is 51.3 Å².